The first kappa shape index (κ1) is 28.4. The van der Waals surface area contributed by atoms with E-state index in [9.17, 15) is 18.0 Å². The number of carbonyl (C=O) groups excluding carboxylic acids is 2. The molecular weight excluding hydrogens is 492 g/mol. The molecule has 2 atom stereocenters. The second-order valence-corrected chi connectivity index (χ2v) is 10.7. The normalized spacial score (nSPS) is 15.8. The van der Waals surface area contributed by atoms with E-state index in [1.807, 2.05) is 30.3 Å². The average Bonchev–Trinajstić information content (AvgIpc) is 2.93. The first-order valence-electron chi connectivity index (χ1n) is 12.5. The third-order valence-corrected chi connectivity index (χ3v) is 7.50. The minimum atomic E-state index is -3.67. The van der Waals surface area contributed by atoms with Gasteiger partial charge < -0.3 is 26.0 Å². The van der Waals surface area contributed by atoms with Crippen molar-refractivity contribution in [2.75, 3.05) is 32.8 Å². The molecule has 0 saturated carbocycles. The Balaban J connectivity index is 1.76. The van der Waals surface area contributed by atoms with Crippen LogP contribution >= 0.6 is 0 Å². The number of rotatable bonds is 12. The minimum absolute atomic E-state index is 0.179. The highest BCUT2D eigenvalue weighted by Gasteiger charge is 2.26. The van der Waals surface area contributed by atoms with Gasteiger partial charge in [-0.25, -0.2) is 13.2 Å². The van der Waals surface area contributed by atoms with E-state index in [-0.39, 0.29) is 16.8 Å². The number of nitrogens with zero attached hydrogens (tertiary/aromatic N) is 1. The Bertz CT molecular complexity index is 1120. The molecule has 0 bridgehead atoms. The lowest BCUT2D eigenvalue weighted by molar-refractivity contribution is -0.123. The van der Waals surface area contributed by atoms with Crippen molar-refractivity contribution in [3.63, 3.8) is 0 Å². The SMILES string of the molecule is NCCCC[C@@H](/C=C/S(=O)(=O)c1ccccc1)NC(=O)C(Cc1ccccc1)NC(=O)N1CCOCC1. The first-order chi connectivity index (χ1) is 17.9. The van der Waals surface area contributed by atoms with Gasteiger partial charge in [-0.2, -0.15) is 0 Å². The molecule has 2 aromatic rings. The van der Waals surface area contributed by atoms with Crippen molar-refractivity contribution in [1.29, 1.82) is 0 Å². The van der Waals surface area contributed by atoms with Gasteiger partial charge in [0.25, 0.3) is 0 Å². The van der Waals surface area contributed by atoms with Crippen LogP contribution in [-0.4, -0.2) is 70.2 Å². The molecule has 1 heterocycles. The molecular formula is C27H36N4O5S. The maximum Gasteiger partial charge on any atom is 0.318 e. The summed E-state index contributed by atoms with van der Waals surface area (Å²) in [5.41, 5.74) is 6.53. The Morgan fingerprint density at radius 1 is 0.973 bits per heavy atom. The fourth-order valence-corrected chi connectivity index (χ4v) is 5.05. The number of benzene rings is 2. The smallest absolute Gasteiger partial charge is 0.318 e. The molecule has 1 unspecified atom stereocenters. The van der Waals surface area contributed by atoms with Crippen LogP contribution in [0, 0.1) is 0 Å². The van der Waals surface area contributed by atoms with E-state index in [1.54, 1.807) is 23.1 Å². The predicted octanol–water partition coefficient (Wildman–Crippen LogP) is 2.24. The quantitative estimate of drug-likeness (QED) is 0.362. The fraction of sp³-hybridized carbons (Fsp3) is 0.407. The van der Waals surface area contributed by atoms with Crippen molar-refractivity contribution < 1.29 is 22.7 Å². The summed E-state index contributed by atoms with van der Waals surface area (Å²) in [6.07, 6.45) is 3.76. The van der Waals surface area contributed by atoms with Crippen molar-refractivity contribution >= 4 is 21.8 Å². The average molecular weight is 529 g/mol. The van der Waals surface area contributed by atoms with E-state index >= 15 is 0 Å². The zero-order valence-corrected chi connectivity index (χ0v) is 21.7. The van der Waals surface area contributed by atoms with Gasteiger partial charge in [-0.15, -0.1) is 0 Å². The van der Waals surface area contributed by atoms with E-state index in [0.717, 1.165) is 17.4 Å². The molecule has 1 aliphatic rings. The van der Waals surface area contributed by atoms with Crippen LogP contribution in [-0.2, 0) is 25.8 Å². The molecule has 0 aromatic heterocycles. The molecule has 3 amide bonds. The molecule has 1 saturated heterocycles. The summed E-state index contributed by atoms with van der Waals surface area (Å²) in [7, 11) is -3.67. The highest BCUT2D eigenvalue weighted by atomic mass is 32.2. The Morgan fingerprint density at radius 3 is 2.27 bits per heavy atom. The van der Waals surface area contributed by atoms with Gasteiger partial charge >= 0.3 is 6.03 Å². The largest absolute Gasteiger partial charge is 0.378 e. The Hall–Kier alpha value is -3.21. The summed E-state index contributed by atoms with van der Waals surface area (Å²) >= 11 is 0. The summed E-state index contributed by atoms with van der Waals surface area (Å²) in [5, 5.41) is 6.94. The Labute approximate surface area is 219 Å². The zero-order valence-electron chi connectivity index (χ0n) is 20.9. The number of nitrogens with one attached hydrogen (secondary N) is 2. The summed E-state index contributed by atoms with van der Waals surface area (Å²) in [6.45, 7) is 2.30. The standard InChI is InChI=1S/C27H36N4O5S/c28-15-8-7-11-23(14-20-37(34,35)24-12-5-2-6-13-24)29-26(32)25(21-22-9-3-1-4-10-22)30-27(33)31-16-18-36-19-17-31/h1-6,9-10,12-14,20,23,25H,7-8,11,15-19,21,28H2,(H,29,32)(H,30,33)/b20-14+/t23-,25?/m0/s1. The summed E-state index contributed by atoms with van der Waals surface area (Å²) in [5.74, 6) is -0.384. The van der Waals surface area contributed by atoms with Crippen molar-refractivity contribution in [2.24, 2.45) is 5.73 Å². The van der Waals surface area contributed by atoms with Gasteiger partial charge in [0.2, 0.25) is 5.91 Å². The number of nitrogens with two attached hydrogens (primary N) is 1. The van der Waals surface area contributed by atoms with E-state index in [1.165, 1.54) is 18.2 Å². The van der Waals surface area contributed by atoms with Crippen molar-refractivity contribution in [1.82, 2.24) is 15.5 Å². The van der Waals surface area contributed by atoms with E-state index < -0.39 is 21.9 Å². The lowest BCUT2D eigenvalue weighted by Gasteiger charge is -2.29. The van der Waals surface area contributed by atoms with Crippen LogP contribution in [0.5, 0.6) is 0 Å². The van der Waals surface area contributed by atoms with Crippen molar-refractivity contribution in [2.45, 2.75) is 42.7 Å². The lowest BCUT2D eigenvalue weighted by atomic mass is 10.0. The number of amides is 3. The number of ether oxygens (including phenoxy) is 1. The van der Waals surface area contributed by atoms with Crippen LogP contribution in [0.4, 0.5) is 4.79 Å². The second kappa shape index (κ2) is 14.5. The third kappa shape index (κ3) is 9.31. The van der Waals surface area contributed by atoms with Crippen LogP contribution in [0.1, 0.15) is 24.8 Å². The zero-order chi connectivity index (χ0) is 26.5. The Kier molecular flexibility index (Phi) is 11.1. The van der Waals surface area contributed by atoms with E-state index in [0.29, 0.717) is 52.1 Å². The van der Waals surface area contributed by atoms with Gasteiger partial charge in [0.05, 0.1) is 18.1 Å². The number of unbranched alkanes of at least 4 members (excludes halogenated alkanes) is 1. The maximum atomic E-state index is 13.4. The molecule has 0 radical (unpaired) electrons. The van der Waals surface area contributed by atoms with Crippen molar-refractivity contribution in [3.8, 4) is 0 Å². The summed E-state index contributed by atoms with van der Waals surface area (Å²) < 4.78 is 30.8. The molecule has 0 spiro atoms. The highest BCUT2D eigenvalue weighted by Crippen LogP contribution is 2.13. The molecule has 200 valence electrons. The topological polar surface area (TPSA) is 131 Å². The number of urea groups is 1. The van der Waals surface area contributed by atoms with Gasteiger partial charge in [-0.05, 0) is 43.5 Å². The van der Waals surface area contributed by atoms with Crippen LogP contribution in [0.25, 0.3) is 0 Å². The maximum absolute atomic E-state index is 13.4. The van der Waals surface area contributed by atoms with Gasteiger partial charge in [-0.3, -0.25) is 4.79 Å². The molecule has 1 fully saturated rings. The molecule has 3 rings (SSSR count). The molecule has 37 heavy (non-hydrogen) atoms. The second-order valence-electron chi connectivity index (χ2n) is 8.88. The number of hydrogen-bond donors (Lipinski definition) is 3. The monoisotopic (exact) mass is 528 g/mol. The van der Waals surface area contributed by atoms with Gasteiger partial charge in [0, 0.05) is 31.0 Å². The molecule has 4 N–H and O–H groups in total. The molecule has 1 aliphatic heterocycles. The highest BCUT2D eigenvalue weighted by molar-refractivity contribution is 7.94. The fourth-order valence-electron chi connectivity index (χ4n) is 3.96. The first-order valence-corrected chi connectivity index (χ1v) is 14.1. The number of morpholine rings is 1. The molecule has 9 nitrogen and oxygen atoms in total. The van der Waals surface area contributed by atoms with Crippen molar-refractivity contribution in [3.05, 3.63) is 77.7 Å². The number of sulfone groups is 1. The van der Waals surface area contributed by atoms with Gasteiger partial charge in [0.1, 0.15) is 6.04 Å². The third-order valence-electron chi connectivity index (χ3n) is 6.05. The lowest BCUT2D eigenvalue weighted by Crippen LogP contribution is -2.55. The Morgan fingerprint density at radius 2 is 1.62 bits per heavy atom. The summed E-state index contributed by atoms with van der Waals surface area (Å²) in [6, 6.07) is 15.8. The molecule has 2 aromatic carbocycles. The molecule has 10 heteroatoms. The van der Waals surface area contributed by atoms with E-state index in [4.69, 9.17) is 10.5 Å². The van der Waals surface area contributed by atoms with E-state index in [2.05, 4.69) is 10.6 Å². The van der Waals surface area contributed by atoms with Crippen LogP contribution in [0.2, 0.25) is 0 Å². The van der Waals surface area contributed by atoms with Gasteiger partial charge in [-0.1, -0.05) is 54.6 Å². The van der Waals surface area contributed by atoms with Crippen LogP contribution < -0.4 is 16.4 Å². The molecule has 0 aliphatic carbocycles. The minimum Gasteiger partial charge on any atom is -0.378 e. The number of carbonyl (C=O) groups is 2. The van der Waals surface area contributed by atoms with Crippen LogP contribution in [0.15, 0.2) is 77.0 Å². The predicted molar refractivity (Wildman–Crippen MR) is 142 cm³/mol. The summed E-state index contributed by atoms with van der Waals surface area (Å²) in [4.78, 5) is 28.1. The number of hydrogen-bond acceptors (Lipinski definition) is 6. The van der Waals surface area contributed by atoms with Gasteiger partial charge in [0.15, 0.2) is 9.84 Å². The van der Waals surface area contributed by atoms with Crippen LogP contribution in [0.3, 0.4) is 0 Å².